The summed E-state index contributed by atoms with van der Waals surface area (Å²) in [6.07, 6.45) is -0.00725. The van der Waals surface area contributed by atoms with Gasteiger partial charge in [-0.15, -0.1) is 0 Å². The Balaban J connectivity index is 2.56. The minimum Gasteiger partial charge on any atom is -0.487 e. The first kappa shape index (κ1) is 24.6. The van der Waals surface area contributed by atoms with Crippen molar-refractivity contribution in [3.63, 3.8) is 0 Å². The molecule has 30 heavy (non-hydrogen) atoms. The molecule has 1 aliphatic heterocycles. The van der Waals surface area contributed by atoms with E-state index >= 15 is 0 Å². The van der Waals surface area contributed by atoms with Gasteiger partial charge in [-0.05, 0) is 52.1 Å². The maximum Gasteiger partial charge on any atom is 0.247 e. The third kappa shape index (κ3) is 5.96. The molecular formula is C22H34N2O5S. The number of aliphatic hydroxyl groups excluding tert-OH is 2. The molecule has 2 N–H and O–H groups in total. The van der Waals surface area contributed by atoms with Crippen LogP contribution in [0.4, 0.5) is 0 Å². The van der Waals surface area contributed by atoms with Gasteiger partial charge in [-0.1, -0.05) is 25.7 Å². The number of aliphatic hydroxyl groups is 2. The first-order valence-corrected chi connectivity index (χ1v) is 11.9. The van der Waals surface area contributed by atoms with Gasteiger partial charge in [0.25, 0.3) is 0 Å². The van der Waals surface area contributed by atoms with Crippen LogP contribution in [0.5, 0.6) is 5.75 Å². The Morgan fingerprint density at radius 1 is 1.37 bits per heavy atom. The van der Waals surface area contributed by atoms with Gasteiger partial charge >= 0.3 is 0 Å². The Morgan fingerprint density at radius 2 is 2.07 bits per heavy atom. The molecule has 0 aromatic heterocycles. The number of hydrogen-bond acceptors (Lipinski definition) is 6. The molecule has 0 aliphatic carbocycles. The number of hydrogen-bond donors (Lipinski definition) is 2. The second-order valence-corrected chi connectivity index (χ2v) is 9.97. The van der Waals surface area contributed by atoms with Gasteiger partial charge in [0.2, 0.25) is 10.0 Å². The molecule has 1 aliphatic rings. The summed E-state index contributed by atoms with van der Waals surface area (Å²) in [5, 5.41) is 19.1. The summed E-state index contributed by atoms with van der Waals surface area (Å²) in [5.74, 6) is 5.69. The second kappa shape index (κ2) is 10.6. The fraction of sp³-hybridized carbons (Fsp3) is 0.636. The van der Waals surface area contributed by atoms with Gasteiger partial charge in [-0.25, -0.2) is 8.42 Å². The van der Waals surface area contributed by atoms with Gasteiger partial charge in [0, 0.05) is 30.6 Å². The molecule has 2 rings (SSSR count). The average Bonchev–Trinajstić information content (AvgIpc) is 2.68. The maximum absolute atomic E-state index is 13.4. The van der Waals surface area contributed by atoms with Crippen molar-refractivity contribution in [2.75, 3.05) is 33.3 Å². The lowest BCUT2D eigenvalue weighted by Gasteiger charge is -2.37. The van der Waals surface area contributed by atoms with Crippen LogP contribution in [0, 0.1) is 17.8 Å². The van der Waals surface area contributed by atoms with Gasteiger partial charge in [0.05, 0.1) is 6.61 Å². The van der Waals surface area contributed by atoms with Crippen LogP contribution in [0.15, 0.2) is 23.1 Å². The van der Waals surface area contributed by atoms with Crippen LogP contribution in [-0.4, -0.2) is 79.4 Å². The average molecular weight is 439 g/mol. The molecule has 0 amide bonds. The molecule has 0 fully saturated rings. The quantitative estimate of drug-likeness (QED) is 0.655. The van der Waals surface area contributed by atoms with Crippen molar-refractivity contribution in [3.8, 4) is 17.6 Å². The predicted molar refractivity (Wildman–Crippen MR) is 117 cm³/mol. The lowest BCUT2D eigenvalue weighted by molar-refractivity contribution is 0.0752. The highest BCUT2D eigenvalue weighted by molar-refractivity contribution is 7.89. The van der Waals surface area contributed by atoms with Crippen molar-refractivity contribution >= 4 is 10.0 Å². The number of fused-ring (bicyclic) bond motifs is 1. The lowest BCUT2D eigenvalue weighted by Crippen LogP contribution is -2.49. The summed E-state index contributed by atoms with van der Waals surface area (Å²) in [5.41, 5.74) is 0.570. The zero-order chi connectivity index (χ0) is 22.5. The molecule has 0 radical (unpaired) electrons. The summed E-state index contributed by atoms with van der Waals surface area (Å²) < 4.78 is 34.4. The fourth-order valence-electron chi connectivity index (χ4n) is 3.49. The predicted octanol–water partition coefficient (Wildman–Crippen LogP) is 1.53. The van der Waals surface area contributed by atoms with E-state index in [9.17, 15) is 18.6 Å². The molecule has 0 saturated heterocycles. The minimum absolute atomic E-state index is 0.0699. The molecule has 0 bridgehead atoms. The second-order valence-electron chi connectivity index (χ2n) is 8.11. The molecular weight excluding hydrogens is 404 g/mol. The van der Waals surface area contributed by atoms with E-state index in [1.54, 1.807) is 26.0 Å². The normalized spacial score (nSPS) is 23.3. The molecule has 1 heterocycles. The highest BCUT2D eigenvalue weighted by Crippen LogP contribution is 2.34. The smallest absolute Gasteiger partial charge is 0.247 e. The van der Waals surface area contributed by atoms with Crippen molar-refractivity contribution in [1.82, 2.24) is 9.21 Å². The third-order valence-electron chi connectivity index (χ3n) is 5.19. The van der Waals surface area contributed by atoms with Gasteiger partial charge in [0.1, 0.15) is 22.9 Å². The molecule has 4 atom stereocenters. The standard InChI is InChI=1S/C22H34N2O5S/c1-6-11-23(5)14-21-16(2)13-24(17(3)15-25)30(27,28)22-10-9-19(8-7-18(4)26)12-20(22)29-21/h9-10,12,16-18,21,25-26H,6,11,13-15H2,1-5H3/t16-,17-,18-,21-/m0/s1. The van der Waals surface area contributed by atoms with Crippen LogP contribution in [0.25, 0.3) is 0 Å². The van der Waals surface area contributed by atoms with Crippen LogP contribution >= 0.6 is 0 Å². The monoisotopic (exact) mass is 438 g/mol. The maximum atomic E-state index is 13.4. The van der Waals surface area contributed by atoms with Crippen LogP contribution in [0.3, 0.4) is 0 Å². The topological polar surface area (TPSA) is 90.3 Å². The Kier molecular flexibility index (Phi) is 8.71. The summed E-state index contributed by atoms with van der Waals surface area (Å²) in [6.45, 7) is 8.91. The van der Waals surface area contributed by atoms with E-state index in [0.717, 1.165) is 13.0 Å². The van der Waals surface area contributed by atoms with Crippen LogP contribution < -0.4 is 4.74 Å². The summed E-state index contributed by atoms with van der Waals surface area (Å²) in [4.78, 5) is 2.24. The molecule has 0 spiro atoms. The molecule has 168 valence electrons. The molecule has 7 nitrogen and oxygen atoms in total. The molecule has 0 unspecified atom stereocenters. The fourth-order valence-corrected chi connectivity index (χ4v) is 5.31. The zero-order valence-electron chi connectivity index (χ0n) is 18.5. The summed E-state index contributed by atoms with van der Waals surface area (Å²) in [7, 11) is -1.84. The van der Waals surface area contributed by atoms with Crippen LogP contribution in [0.2, 0.25) is 0 Å². The highest BCUT2D eigenvalue weighted by Gasteiger charge is 2.38. The Labute approximate surface area is 180 Å². The van der Waals surface area contributed by atoms with E-state index in [-0.39, 0.29) is 35.8 Å². The van der Waals surface area contributed by atoms with Crippen molar-refractivity contribution in [2.45, 2.75) is 57.3 Å². The van der Waals surface area contributed by atoms with E-state index in [4.69, 9.17) is 4.74 Å². The van der Waals surface area contributed by atoms with Crippen molar-refractivity contribution in [2.24, 2.45) is 5.92 Å². The van der Waals surface area contributed by atoms with Crippen molar-refractivity contribution < 1.29 is 23.4 Å². The van der Waals surface area contributed by atoms with E-state index in [1.807, 2.05) is 14.0 Å². The number of benzene rings is 1. The molecule has 1 aromatic rings. The van der Waals surface area contributed by atoms with Crippen LogP contribution in [0.1, 0.15) is 39.7 Å². The number of likely N-dealkylation sites (N-methyl/N-ethyl adjacent to an activating group) is 1. The SMILES string of the molecule is CCCN(C)C[C@@H]1Oc2cc(C#C[C@H](C)O)ccc2S(=O)(=O)N([C@@H](C)CO)C[C@@H]1C. The van der Waals surface area contributed by atoms with E-state index in [1.165, 1.54) is 10.4 Å². The molecule has 0 saturated carbocycles. The number of rotatable bonds is 6. The van der Waals surface area contributed by atoms with Gasteiger partial charge in [0.15, 0.2) is 0 Å². The first-order chi connectivity index (χ1) is 14.1. The summed E-state index contributed by atoms with van der Waals surface area (Å²) >= 11 is 0. The lowest BCUT2D eigenvalue weighted by atomic mass is 10.0. The number of sulfonamides is 1. The largest absolute Gasteiger partial charge is 0.487 e. The minimum atomic E-state index is -3.86. The summed E-state index contributed by atoms with van der Waals surface area (Å²) in [6, 6.07) is 4.18. The van der Waals surface area contributed by atoms with Crippen molar-refractivity contribution in [3.05, 3.63) is 23.8 Å². The third-order valence-corrected chi connectivity index (χ3v) is 7.21. The number of nitrogens with zero attached hydrogens (tertiary/aromatic N) is 2. The first-order valence-electron chi connectivity index (χ1n) is 10.4. The zero-order valence-corrected chi connectivity index (χ0v) is 19.3. The van der Waals surface area contributed by atoms with E-state index in [0.29, 0.717) is 12.1 Å². The van der Waals surface area contributed by atoms with Gasteiger partial charge in [-0.2, -0.15) is 4.31 Å². The van der Waals surface area contributed by atoms with Crippen LogP contribution in [-0.2, 0) is 10.0 Å². The Bertz CT molecular complexity index is 875. The highest BCUT2D eigenvalue weighted by atomic mass is 32.2. The Hall–Kier alpha value is -1.63. The van der Waals surface area contributed by atoms with Crippen molar-refractivity contribution in [1.29, 1.82) is 0 Å². The van der Waals surface area contributed by atoms with E-state index < -0.39 is 22.2 Å². The molecule has 8 heteroatoms. The molecule has 1 aromatic carbocycles. The number of ether oxygens (including phenoxy) is 1. The Morgan fingerprint density at radius 3 is 2.67 bits per heavy atom. The van der Waals surface area contributed by atoms with Gasteiger partial charge in [-0.3, -0.25) is 0 Å². The van der Waals surface area contributed by atoms with E-state index in [2.05, 4.69) is 23.7 Å². The van der Waals surface area contributed by atoms with Gasteiger partial charge < -0.3 is 19.8 Å².